The van der Waals surface area contributed by atoms with Crippen LogP contribution in [0.25, 0.3) is 0 Å². The minimum absolute atomic E-state index is 0.395. The molecule has 0 aromatic carbocycles. The van der Waals surface area contributed by atoms with Gasteiger partial charge < -0.3 is 14.8 Å². The summed E-state index contributed by atoms with van der Waals surface area (Å²) in [6, 6.07) is 0.481. The first kappa shape index (κ1) is 10.4. The van der Waals surface area contributed by atoms with E-state index >= 15 is 0 Å². The lowest BCUT2D eigenvalue weighted by molar-refractivity contribution is 0.0404. The summed E-state index contributed by atoms with van der Waals surface area (Å²) in [5.74, 6) is 1.33. The van der Waals surface area contributed by atoms with Crippen LogP contribution >= 0.6 is 0 Å². The number of likely N-dealkylation sites (N-methyl/N-ethyl adjacent to an activating group) is 1. The highest BCUT2D eigenvalue weighted by molar-refractivity contribution is 4.90. The summed E-state index contributed by atoms with van der Waals surface area (Å²) < 4.78 is 11.3. The second kappa shape index (κ2) is 4.60. The zero-order chi connectivity index (χ0) is 9.97. The topological polar surface area (TPSA) is 30.5 Å². The van der Waals surface area contributed by atoms with Gasteiger partial charge in [-0.3, -0.25) is 0 Å². The molecule has 4 atom stereocenters. The van der Waals surface area contributed by atoms with E-state index in [0.717, 1.165) is 19.8 Å². The highest BCUT2D eigenvalue weighted by atomic mass is 16.5. The third kappa shape index (κ3) is 1.95. The zero-order valence-corrected chi connectivity index (χ0v) is 9.16. The van der Waals surface area contributed by atoms with Crippen LogP contribution in [0.1, 0.15) is 19.8 Å². The van der Waals surface area contributed by atoms with E-state index in [2.05, 4.69) is 12.2 Å². The summed E-state index contributed by atoms with van der Waals surface area (Å²) >= 11 is 0. The van der Waals surface area contributed by atoms with Crippen molar-refractivity contribution >= 4 is 0 Å². The molecule has 0 aromatic rings. The maximum absolute atomic E-state index is 5.81. The fraction of sp³-hybridized carbons (Fsp3) is 1.00. The molecule has 1 N–H and O–H groups in total. The first-order chi connectivity index (χ1) is 6.83. The van der Waals surface area contributed by atoms with Crippen molar-refractivity contribution in [3.63, 3.8) is 0 Å². The van der Waals surface area contributed by atoms with Gasteiger partial charge in [0.2, 0.25) is 0 Å². The first-order valence-corrected chi connectivity index (χ1v) is 5.69. The quantitative estimate of drug-likeness (QED) is 0.736. The highest BCUT2D eigenvalue weighted by Gasteiger charge is 2.37. The summed E-state index contributed by atoms with van der Waals surface area (Å²) in [5.41, 5.74) is 0. The van der Waals surface area contributed by atoms with Crippen molar-refractivity contribution in [2.75, 3.05) is 26.9 Å². The van der Waals surface area contributed by atoms with Crippen LogP contribution in [0.4, 0.5) is 0 Å². The molecule has 0 aromatic heterocycles. The van der Waals surface area contributed by atoms with E-state index in [9.17, 15) is 0 Å². The van der Waals surface area contributed by atoms with Crippen LogP contribution < -0.4 is 5.32 Å². The average molecular weight is 199 g/mol. The summed E-state index contributed by atoms with van der Waals surface area (Å²) in [6.45, 7) is 5.04. The number of hydrogen-bond donors (Lipinski definition) is 1. The number of hydrogen-bond acceptors (Lipinski definition) is 3. The number of rotatable bonds is 3. The summed E-state index contributed by atoms with van der Waals surface area (Å²) in [5, 5.41) is 3.41. The van der Waals surface area contributed by atoms with Gasteiger partial charge in [0.25, 0.3) is 0 Å². The number of nitrogens with one attached hydrogen (secondary N) is 1. The second-order valence-corrected chi connectivity index (χ2v) is 4.54. The Labute approximate surface area is 86.2 Å². The largest absolute Gasteiger partial charge is 0.381 e. The Morgan fingerprint density at radius 2 is 2.14 bits per heavy atom. The molecule has 2 saturated heterocycles. The Balaban J connectivity index is 1.96. The lowest BCUT2D eigenvalue weighted by atomic mass is 9.88. The molecule has 0 saturated carbocycles. The predicted octanol–water partition coefficient (Wildman–Crippen LogP) is 1.04. The normalized spacial score (nSPS) is 40.3. The Morgan fingerprint density at radius 1 is 1.29 bits per heavy atom. The van der Waals surface area contributed by atoms with Crippen molar-refractivity contribution in [1.82, 2.24) is 5.32 Å². The molecule has 2 heterocycles. The van der Waals surface area contributed by atoms with Crippen LogP contribution in [-0.2, 0) is 9.47 Å². The summed E-state index contributed by atoms with van der Waals surface area (Å²) in [7, 11) is 2.04. The predicted molar refractivity (Wildman–Crippen MR) is 55.3 cm³/mol. The van der Waals surface area contributed by atoms with Crippen molar-refractivity contribution in [2.45, 2.75) is 31.9 Å². The Morgan fingerprint density at radius 3 is 2.64 bits per heavy atom. The van der Waals surface area contributed by atoms with Gasteiger partial charge in [0.1, 0.15) is 0 Å². The number of ether oxygens (including phenoxy) is 2. The van der Waals surface area contributed by atoms with E-state index in [4.69, 9.17) is 9.47 Å². The smallest absolute Gasteiger partial charge is 0.0757 e. The van der Waals surface area contributed by atoms with Gasteiger partial charge in [-0.15, -0.1) is 0 Å². The molecule has 2 aliphatic rings. The van der Waals surface area contributed by atoms with Crippen LogP contribution in [0.2, 0.25) is 0 Å². The van der Waals surface area contributed by atoms with E-state index in [0.29, 0.717) is 24.0 Å². The minimum atomic E-state index is 0.395. The highest BCUT2D eigenvalue weighted by Crippen LogP contribution is 2.29. The molecule has 0 amide bonds. The maximum atomic E-state index is 5.81. The average Bonchev–Trinajstić information content (AvgIpc) is 2.80. The molecule has 0 aliphatic carbocycles. The van der Waals surface area contributed by atoms with Crippen molar-refractivity contribution in [3.8, 4) is 0 Å². The maximum Gasteiger partial charge on any atom is 0.0757 e. The van der Waals surface area contributed by atoms with Gasteiger partial charge in [0.15, 0.2) is 0 Å². The molecule has 4 unspecified atom stereocenters. The molecule has 0 radical (unpaired) electrons. The van der Waals surface area contributed by atoms with Crippen LogP contribution in [0, 0.1) is 11.8 Å². The monoisotopic (exact) mass is 199 g/mol. The molecule has 3 heteroatoms. The molecule has 2 aliphatic heterocycles. The molecule has 14 heavy (non-hydrogen) atoms. The standard InChI is InChI=1S/C11H21NO2/c1-8-3-6-14-11(8)10(12-2)9-4-5-13-7-9/h8-12H,3-7H2,1-2H3. The summed E-state index contributed by atoms with van der Waals surface area (Å²) in [6.07, 6.45) is 2.78. The van der Waals surface area contributed by atoms with Gasteiger partial charge in [-0.05, 0) is 25.8 Å². The summed E-state index contributed by atoms with van der Waals surface area (Å²) in [4.78, 5) is 0. The van der Waals surface area contributed by atoms with Crippen LogP contribution in [0.15, 0.2) is 0 Å². The van der Waals surface area contributed by atoms with Crippen molar-refractivity contribution in [1.29, 1.82) is 0 Å². The third-order valence-corrected chi connectivity index (χ3v) is 3.60. The molecular weight excluding hydrogens is 178 g/mol. The fourth-order valence-electron chi connectivity index (χ4n) is 2.68. The van der Waals surface area contributed by atoms with Crippen molar-refractivity contribution < 1.29 is 9.47 Å². The SMILES string of the molecule is CNC(C1CCOC1)C1OCCC1C. The fourth-order valence-corrected chi connectivity index (χ4v) is 2.68. The van der Waals surface area contributed by atoms with E-state index < -0.39 is 0 Å². The molecule has 3 nitrogen and oxygen atoms in total. The van der Waals surface area contributed by atoms with Gasteiger partial charge in [-0.25, -0.2) is 0 Å². The van der Waals surface area contributed by atoms with Gasteiger partial charge in [-0.1, -0.05) is 6.92 Å². The van der Waals surface area contributed by atoms with Crippen LogP contribution in [0.5, 0.6) is 0 Å². The molecular formula is C11H21NO2. The molecule has 0 bridgehead atoms. The van der Waals surface area contributed by atoms with Crippen molar-refractivity contribution in [3.05, 3.63) is 0 Å². The van der Waals surface area contributed by atoms with Crippen LogP contribution in [-0.4, -0.2) is 39.0 Å². The van der Waals surface area contributed by atoms with E-state index in [1.54, 1.807) is 0 Å². The lowest BCUT2D eigenvalue weighted by Crippen LogP contribution is -2.46. The molecule has 0 spiro atoms. The molecule has 82 valence electrons. The molecule has 2 rings (SSSR count). The van der Waals surface area contributed by atoms with Crippen LogP contribution in [0.3, 0.4) is 0 Å². The molecule has 2 fully saturated rings. The Bertz CT molecular complexity index is 180. The van der Waals surface area contributed by atoms with Gasteiger partial charge >= 0.3 is 0 Å². The van der Waals surface area contributed by atoms with Gasteiger partial charge in [-0.2, -0.15) is 0 Å². The van der Waals surface area contributed by atoms with Gasteiger partial charge in [0, 0.05) is 25.2 Å². The van der Waals surface area contributed by atoms with E-state index in [1.807, 2.05) is 7.05 Å². The lowest BCUT2D eigenvalue weighted by Gasteiger charge is -2.29. The Hall–Kier alpha value is -0.120. The zero-order valence-electron chi connectivity index (χ0n) is 9.16. The van der Waals surface area contributed by atoms with Crippen molar-refractivity contribution in [2.24, 2.45) is 11.8 Å². The second-order valence-electron chi connectivity index (χ2n) is 4.54. The first-order valence-electron chi connectivity index (χ1n) is 5.69. The minimum Gasteiger partial charge on any atom is -0.381 e. The third-order valence-electron chi connectivity index (χ3n) is 3.60. The Kier molecular flexibility index (Phi) is 3.42. The van der Waals surface area contributed by atoms with E-state index in [1.165, 1.54) is 12.8 Å². The van der Waals surface area contributed by atoms with Gasteiger partial charge in [0.05, 0.1) is 12.7 Å². The van der Waals surface area contributed by atoms with E-state index in [-0.39, 0.29) is 0 Å².